The van der Waals surface area contributed by atoms with Gasteiger partial charge in [-0.15, -0.1) is 0 Å². The lowest BCUT2D eigenvalue weighted by atomic mass is 10.1. The van der Waals surface area contributed by atoms with Crippen LogP contribution < -0.4 is 10.6 Å². The topological polar surface area (TPSA) is 53.5 Å². The second-order valence-corrected chi connectivity index (χ2v) is 4.08. The molecule has 2 rings (SSSR count). The molecule has 4 heteroatoms. The average Bonchev–Trinajstić information content (AvgIpc) is 2.60. The number of nitrogens with zero attached hydrogens (tertiary/aromatic N) is 1. The van der Waals surface area contributed by atoms with Crippen LogP contribution in [0.2, 0.25) is 0 Å². The molecule has 1 aliphatic heterocycles. The van der Waals surface area contributed by atoms with Crippen molar-refractivity contribution >= 4 is 11.9 Å². The van der Waals surface area contributed by atoms with Gasteiger partial charge < -0.3 is 5.32 Å². The second-order valence-electron chi connectivity index (χ2n) is 4.08. The Bertz CT molecular complexity index is 412. The fraction of sp³-hybridized carbons (Fsp3) is 0.333. The van der Waals surface area contributed by atoms with Crippen LogP contribution in [0, 0.1) is 0 Å². The van der Waals surface area contributed by atoms with Crippen molar-refractivity contribution in [3.63, 3.8) is 0 Å². The lowest BCUT2D eigenvalue weighted by Crippen LogP contribution is -2.40. The van der Waals surface area contributed by atoms with Gasteiger partial charge in [0.25, 0.3) is 5.91 Å². The number of guanidine groups is 1. The Kier molecular flexibility index (Phi) is 2.90. The van der Waals surface area contributed by atoms with Crippen LogP contribution in [0.4, 0.5) is 0 Å². The Morgan fingerprint density at radius 1 is 1.31 bits per heavy atom. The first-order chi connectivity index (χ1) is 7.66. The highest BCUT2D eigenvalue weighted by Crippen LogP contribution is 2.20. The molecule has 16 heavy (non-hydrogen) atoms. The largest absolute Gasteiger partial charge is 0.354 e. The van der Waals surface area contributed by atoms with Gasteiger partial charge in [-0.05, 0) is 19.4 Å². The van der Waals surface area contributed by atoms with Gasteiger partial charge >= 0.3 is 0 Å². The number of carbonyl (C=O) groups excluding carboxylic acids is 1. The van der Waals surface area contributed by atoms with Crippen LogP contribution in [0.5, 0.6) is 0 Å². The van der Waals surface area contributed by atoms with E-state index in [1.165, 1.54) is 0 Å². The Labute approximate surface area is 94.8 Å². The van der Waals surface area contributed by atoms with Crippen molar-refractivity contribution in [2.24, 2.45) is 4.99 Å². The van der Waals surface area contributed by atoms with Gasteiger partial charge in [-0.25, -0.2) is 4.99 Å². The third-order valence-electron chi connectivity index (χ3n) is 2.29. The monoisotopic (exact) mass is 217 g/mol. The Balaban J connectivity index is 2.17. The molecule has 0 spiro atoms. The smallest absolute Gasteiger partial charge is 0.256 e. The van der Waals surface area contributed by atoms with Gasteiger partial charge in [-0.2, -0.15) is 0 Å². The van der Waals surface area contributed by atoms with Crippen LogP contribution in [-0.4, -0.2) is 17.9 Å². The minimum absolute atomic E-state index is 0.0747. The molecule has 1 aromatic rings. The van der Waals surface area contributed by atoms with Crippen LogP contribution >= 0.6 is 0 Å². The highest BCUT2D eigenvalue weighted by atomic mass is 16.2. The van der Waals surface area contributed by atoms with E-state index < -0.39 is 6.04 Å². The molecule has 1 unspecified atom stereocenters. The number of rotatable bonds is 2. The van der Waals surface area contributed by atoms with Crippen LogP contribution in [0.25, 0.3) is 0 Å². The van der Waals surface area contributed by atoms with Crippen molar-refractivity contribution in [1.82, 2.24) is 10.6 Å². The summed E-state index contributed by atoms with van der Waals surface area (Å²) in [5.41, 5.74) is 0.917. The summed E-state index contributed by atoms with van der Waals surface area (Å²) in [5, 5.41) is 5.82. The highest BCUT2D eigenvalue weighted by molar-refractivity contribution is 6.05. The van der Waals surface area contributed by atoms with Gasteiger partial charge in [-0.1, -0.05) is 30.3 Å². The van der Waals surface area contributed by atoms with E-state index in [0.29, 0.717) is 5.96 Å². The third-order valence-corrected chi connectivity index (χ3v) is 2.29. The number of nitrogens with one attached hydrogen (secondary N) is 2. The molecule has 4 nitrogen and oxygen atoms in total. The fourth-order valence-electron chi connectivity index (χ4n) is 1.61. The number of amides is 1. The van der Waals surface area contributed by atoms with Crippen molar-refractivity contribution in [2.75, 3.05) is 0 Å². The van der Waals surface area contributed by atoms with Gasteiger partial charge in [0.05, 0.1) is 0 Å². The van der Waals surface area contributed by atoms with E-state index in [1.807, 2.05) is 44.2 Å². The Hall–Kier alpha value is -1.84. The molecule has 1 heterocycles. The summed E-state index contributed by atoms with van der Waals surface area (Å²) in [7, 11) is 0. The van der Waals surface area contributed by atoms with Crippen LogP contribution in [-0.2, 0) is 4.79 Å². The van der Waals surface area contributed by atoms with Crippen molar-refractivity contribution in [2.45, 2.75) is 25.9 Å². The van der Waals surface area contributed by atoms with E-state index in [4.69, 9.17) is 0 Å². The quantitative estimate of drug-likeness (QED) is 0.782. The van der Waals surface area contributed by atoms with Crippen molar-refractivity contribution in [3.8, 4) is 0 Å². The highest BCUT2D eigenvalue weighted by Gasteiger charge is 2.27. The van der Waals surface area contributed by atoms with E-state index in [9.17, 15) is 4.79 Å². The fourth-order valence-corrected chi connectivity index (χ4v) is 1.61. The number of carbonyl (C=O) groups is 1. The minimum atomic E-state index is -0.414. The summed E-state index contributed by atoms with van der Waals surface area (Å²) in [6.07, 6.45) is 0. The number of aliphatic imine (C=N–C) groups is 1. The lowest BCUT2D eigenvalue weighted by molar-refractivity contribution is -0.120. The van der Waals surface area contributed by atoms with E-state index in [2.05, 4.69) is 15.6 Å². The second kappa shape index (κ2) is 4.35. The van der Waals surface area contributed by atoms with Crippen LogP contribution in [0.1, 0.15) is 25.5 Å². The lowest BCUT2D eigenvalue weighted by Gasteiger charge is -2.07. The summed E-state index contributed by atoms with van der Waals surface area (Å²) < 4.78 is 0. The molecule has 0 fully saturated rings. The first-order valence-electron chi connectivity index (χ1n) is 5.37. The molecule has 1 amide bonds. The molecular weight excluding hydrogens is 202 g/mol. The molecule has 1 aliphatic rings. The van der Waals surface area contributed by atoms with Crippen molar-refractivity contribution in [3.05, 3.63) is 35.9 Å². The number of hydrogen-bond acceptors (Lipinski definition) is 3. The van der Waals surface area contributed by atoms with E-state index in [1.54, 1.807) is 0 Å². The zero-order valence-corrected chi connectivity index (χ0v) is 9.40. The summed E-state index contributed by atoms with van der Waals surface area (Å²) in [5.74, 6) is 0.489. The van der Waals surface area contributed by atoms with E-state index in [-0.39, 0.29) is 11.9 Å². The normalized spacial score (nSPS) is 19.6. The number of benzene rings is 1. The first kappa shape index (κ1) is 10.7. The molecule has 0 radical (unpaired) electrons. The molecule has 2 N–H and O–H groups in total. The molecule has 0 saturated heterocycles. The Morgan fingerprint density at radius 3 is 2.62 bits per heavy atom. The minimum Gasteiger partial charge on any atom is -0.354 e. The standard InChI is InChI=1S/C12H15N3O/c1-8(2)13-12-14-10(11(16)15-12)9-6-4-3-5-7-9/h3-8,10H,1-2H3,(H2,13,14,15,16). The van der Waals surface area contributed by atoms with Gasteiger partial charge in [0.1, 0.15) is 0 Å². The zero-order chi connectivity index (χ0) is 11.5. The summed E-state index contributed by atoms with van der Waals surface area (Å²) in [6.45, 7) is 4.01. The molecule has 1 aromatic carbocycles. The predicted octanol–water partition coefficient (Wildman–Crippen LogP) is 1.21. The van der Waals surface area contributed by atoms with Gasteiger partial charge in [0.15, 0.2) is 12.0 Å². The molecule has 0 aliphatic carbocycles. The van der Waals surface area contributed by atoms with E-state index in [0.717, 1.165) is 5.56 Å². The van der Waals surface area contributed by atoms with Gasteiger partial charge in [-0.3, -0.25) is 10.1 Å². The van der Waals surface area contributed by atoms with Gasteiger partial charge in [0.2, 0.25) is 0 Å². The van der Waals surface area contributed by atoms with E-state index >= 15 is 0 Å². The summed E-state index contributed by atoms with van der Waals surface area (Å²) in [6, 6.07) is 9.40. The molecule has 0 saturated carbocycles. The maximum atomic E-state index is 11.7. The molecular formula is C12H15N3O. The predicted molar refractivity (Wildman–Crippen MR) is 63.0 cm³/mol. The molecule has 1 atom stereocenters. The maximum absolute atomic E-state index is 11.7. The number of hydrogen-bond donors (Lipinski definition) is 2. The molecule has 84 valence electrons. The maximum Gasteiger partial charge on any atom is 0.256 e. The Morgan fingerprint density at radius 2 is 2.00 bits per heavy atom. The van der Waals surface area contributed by atoms with Crippen LogP contribution in [0.15, 0.2) is 35.3 Å². The SMILES string of the molecule is CC(C)NC1=NC(c2ccccc2)C(=O)N1. The molecule has 0 bridgehead atoms. The van der Waals surface area contributed by atoms with Crippen LogP contribution in [0.3, 0.4) is 0 Å². The van der Waals surface area contributed by atoms with Gasteiger partial charge in [0, 0.05) is 6.04 Å². The first-order valence-corrected chi connectivity index (χ1v) is 5.37. The zero-order valence-electron chi connectivity index (χ0n) is 9.40. The summed E-state index contributed by atoms with van der Waals surface area (Å²) >= 11 is 0. The summed E-state index contributed by atoms with van der Waals surface area (Å²) in [4.78, 5) is 16.0. The molecule has 0 aromatic heterocycles. The van der Waals surface area contributed by atoms with Crippen molar-refractivity contribution < 1.29 is 4.79 Å². The van der Waals surface area contributed by atoms with Crippen molar-refractivity contribution in [1.29, 1.82) is 0 Å². The third kappa shape index (κ3) is 2.21. The average molecular weight is 217 g/mol.